The highest BCUT2D eigenvalue weighted by Crippen LogP contribution is 2.42. The summed E-state index contributed by atoms with van der Waals surface area (Å²) < 4.78 is 10.8. The summed E-state index contributed by atoms with van der Waals surface area (Å²) in [6.07, 6.45) is 2.11. The second kappa shape index (κ2) is 4.54. The smallest absolute Gasteiger partial charge is 0.162 e. The number of anilines is 1. The van der Waals surface area contributed by atoms with Gasteiger partial charge in [0.25, 0.3) is 0 Å². The Morgan fingerprint density at radius 2 is 1.94 bits per heavy atom. The molecule has 0 spiro atoms. The lowest BCUT2D eigenvalue weighted by Gasteiger charge is -2.43. The summed E-state index contributed by atoms with van der Waals surface area (Å²) in [5.74, 6) is 2.18. The van der Waals surface area contributed by atoms with Gasteiger partial charge in [0, 0.05) is 30.2 Å². The molecule has 0 N–H and O–H groups in total. The molecular weight excluding hydrogens is 250 g/mol. The van der Waals surface area contributed by atoms with Crippen LogP contribution in [-0.4, -0.2) is 32.7 Å². The number of piperidine rings is 1. The molecule has 2 aliphatic rings. The van der Waals surface area contributed by atoms with Crippen molar-refractivity contribution in [3.8, 4) is 11.5 Å². The number of fused-ring (bicyclic) bond motifs is 4. The standard InChI is InChI=1S/C14H18ClNO2/c1-17-13-6-9-5-10-8-16(4-3-11(10)15)12(9)7-14(13)18-2/h6-7,10-11H,3-5,8H2,1-2H3/t10-,11-/m1/s1. The van der Waals surface area contributed by atoms with Gasteiger partial charge in [0.1, 0.15) is 0 Å². The highest BCUT2D eigenvalue weighted by atomic mass is 35.5. The van der Waals surface area contributed by atoms with E-state index in [0.29, 0.717) is 11.3 Å². The van der Waals surface area contributed by atoms with Gasteiger partial charge in [0.15, 0.2) is 11.5 Å². The first-order valence-electron chi connectivity index (χ1n) is 6.37. The van der Waals surface area contributed by atoms with Crippen LogP contribution in [0.1, 0.15) is 12.0 Å². The number of nitrogens with zero attached hydrogens (tertiary/aromatic N) is 1. The quantitative estimate of drug-likeness (QED) is 0.769. The molecule has 0 amide bonds. The number of rotatable bonds is 2. The topological polar surface area (TPSA) is 21.7 Å². The van der Waals surface area contributed by atoms with Crippen LogP contribution in [0.25, 0.3) is 0 Å². The Labute approximate surface area is 113 Å². The van der Waals surface area contributed by atoms with E-state index in [1.54, 1.807) is 14.2 Å². The molecule has 1 aromatic rings. The van der Waals surface area contributed by atoms with Gasteiger partial charge in [-0.2, -0.15) is 0 Å². The van der Waals surface area contributed by atoms with Crippen molar-refractivity contribution >= 4 is 17.3 Å². The van der Waals surface area contributed by atoms with Gasteiger partial charge in [-0.25, -0.2) is 0 Å². The predicted molar refractivity (Wildman–Crippen MR) is 73.2 cm³/mol. The van der Waals surface area contributed by atoms with E-state index in [1.807, 2.05) is 0 Å². The molecule has 3 rings (SSSR count). The van der Waals surface area contributed by atoms with E-state index in [9.17, 15) is 0 Å². The van der Waals surface area contributed by atoms with Gasteiger partial charge in [-0.15, -0.1) is 11.6 Å². The molecule has 2 atom stereocenters. The van der Waals surface area contributed by atoms with Crippen LogP contribution in [0.2, 0.25) is 0 Å². The van der Waals surface area contributed by atoms with E-state index in [4.69, 9.17) is 21.1 Å². The minimum absolute atomic E-state index is 0.308. The van der Waals surface area contributed by atoms with Crippen molar-refractivity contribution in [2.45, 2.75) is 18.2 Å². The van der Waals surface area contributed by atoms with Gasteiger partial charge in [-0.3, -0.25) is 0 Å². The molecular formula is C14H18ClNO2. The minimum atomic E-state index is 0.308. The van der Waals surface area contributed by atoms with E-state index in [1.165, 1.54) is 11.3 Å². The lowest BCUT2D eigenvalue weighted by atomic mass is 9.85. The largest absolute Gasteiger partial charge is 0.493 e. The van der Waals surface area contributed by atoms with Gasteiger partial charge in [0.2, 0.25) is 0 Å². The monoisotopic (exact) mass is 267 g/mol. The number of alkyl halides is 1. The molecule has 0 saturated carbocycles. The first-order valence-corrected chi connectivity index (χ1v) is 6.80. The average Bonchev–Trinajstić information content (AvgIpc) is 2.41. The Bertz CT molecular complexity index is 463. The summed E-state index contributed by atoms with van der Waals surface area (Å²) in [5.41, 5.74) is 2.61. The van der Waals surface area contributed by atoms with E-state index in [0.717, 1.165) is 37.4 Å². The molecule has 18 heavy (non-hydrogen) atoms. The highest BCUT2D eigenvalue weighted by Gasteiger charge is 2.34. The van der Waals surface area contributed by atoms with Crippen LogP contribution in [-0.2, 0) is 6.42 Å². The number of halogens is 1. The molecule has 2 aliphatic heterocycles. The van der Waals surface area contributed by atoms with Crippen molar-refractivity contribution in [3.05, 3.63) is 17.7 Å². The van der Waals surface area contributed by atoms with Gasteiger partial charge in [0.05, 0.1) is 14.2 Å². The molecule has 0 radical (unpaired) electrons. The molecule has 0 unspecified atom stereocenters. The van der Waals surface area contributed by atoms with Crippen molar-refractivity contribution in [1.29, 1.82) is 0 Å². The van der Waals surface area contributed by atoms with Gasteiger partial charge in [-0.1, -0.05) is 0 Å². The minimum Gasteiger partial charge on any atom is -0.493 e. The number of hydrogen-bond acceptors (Lipinski definition) is 3. The normalized spacial score (nSPS) is 25.6. The Kier molecular flexibility index (Phi) is 3.02. The Hall–Kier alpha value is -1.09. The van der Waals surface area contributed by atoms with Gasteiger partial charge in [-0.05, 0) is 30.4 Å². The highest BCUT2D eigenvalue weighted by molar-refractivity contribution is 6.21. The van der Waals surface area contributed by atoms with Crippen LogP contribution in [0.3, 0.4) is 0 Å². The van der Waals surface area contributed by atoms with E-state index < -0.39 is 0 Å². The van der Waals surface area contributed by atoms with Crippen LogP contribution < -0.4 is 14.4 Å². The molecule has 1 saturated heterocycles. The first-order chi connectivity index (χ1) is 8.72. The summed E-state index contributed by atoms with van der Waals surface area (Å²) >= 11 is 6.40. The zero-order chi connectivity index (χ0) is 12.7. The van der Waals surface area contributed by atoms with Crippen molar-refractivity contribution in [3.63, 3.8) is 0 Å². The average molecular weight is 268 g/mol. The number of benzene rings is 1. The van der Waals surface area contributed by atoms with Crippen molar-refractivity contribution in [2.75, 3.05) is 32.2 Å². The third-order valence-electron chi connectivity index (χ3n) is 4.05. The predicted octanol–water partition coefficient (Wildman–Crippen LogP) is 2.69. The van der Waals surface area contributed by atoms with E-state index in [-0.39, 0.29) is 0 Å². The van der Waals surface area contributed by atoms with Gasteiger partial charge < -0.3 is 14.4 Å². The van der Waals surface area contributed by atoms with Crippen LogP contribution in [0.5, 0.6) is 11.5 Å². The Balaban J connectivity index is 2.04. The summed E-state index contributed by atoms with van der Waals surface area (Å²) in [7, 11) is 3.36. The zero-order valence-electron chi connectivity index (χ0n) is 10.8. The van der Waals surface area contributed by atoms with Crippen molar-refractivity contribution in [1.82, 2.24) is 0 Å². The van der Waals surface area contributed by atoms with Crippen molar-refractivity contribution in [2.24, 2.45) is 5.92 Å². The fourth-order valence-electron chi connectivity index (χ4n) is 3.07. The maximum Gasteiger partial charge on any atom is 0.162 e. The molecule has 1 fully saturated rings. The maximum absolute atomic E-state index is 6.40. The molecule has 0 aromatic heterocycles. The number of methoxy groups -OCH3 is 2. The lowest BCUT2D eigenvalue weighted by molar-refractivity contribution is 0.351. The fourth-order valence-corrected chi connectivity index (χ4v) is 3.33. The van der Waals surface area contributed by atoms with E-state index >= 15 is 0 Å². The molecule has 1 aromatic carbocycles. The zero-order valence-corrected chi connectivity index (χ0v) is 11.5. The van der Waals surface area contributed by atoms with E-state index in [2.05, 4.69) is 17.0 Å². The third kappa shape index (κ3) is 1.81. The van der Waals surface area contributed by atoms with Crippen molar-refractivity contribution < 1.29 is 9.47 Å². The molecule has 2 bridgehead atoms. The molecule has 98 valence electrons. The van der Waals surface area contributed by atoms with Gasteiger partial charge >= 0.3 is 0 Å². The lowest BCUT2D eigenvalue weighted by Crippen LogP contribution is -2.45. The molecule has 3 nitrogen and oxygen atoms in total. The fraction of sp³-hybridized carbons (Fsp3) is 0.571. The summed E-state index contributed by atoms with van der Waals surface area (Å²) in [6.45, 7) is 2.10. The Morgan fingerprint density at radius 1 is 1.22 bits per heavy atom. The second-order valence-electron chi connectivity index (χ2n) is 5.05. The molecule has 4 heteroatoms. The maximum atomic E-state index is 6.40. The third-order valence-corrected chi connectivity index (χ3v) is 4.62. The van der Waals surface area contributed by atoms with Crippen LogP contribution >= 0.6 is 11.6 Å². The summed E-state index contributed by atoms with van der Waals surface area (Å²) in [6, 6.07) is 4.20. The van der Waals surface area contributed by atoms with Crippen LogP contribution in [0, 0.1) is 5.92 Å². The number of ether oxygens (including phenoxy) is 2. The second-order valence-corrected chi connectivity index (χ2v) is 5.61. The van der Waals surface area contributed by atoms with Crippen LogP contribution in [0.15, 0.2) is 12.1 Å². The van der Waals surface area contributed by atoms with Crippen LogP contribution in [0.4, 0.5) is 5.69 Å². The summed E-state index contributed by atoms with van der Waals surface area (Å²) in [5, 5.41) is 0.308. The molecule has 0 aliphatic carbocycles. The SMILES string of the molecule is COc1cc2c(cc1OC)N1CC[C@@H](Cl)[C@H](C2)C1. The Morgan fingerprint density at radius 3 is 2.67 bits per heavy atom. The molecule has 2 heterocycles. The first kappa shape index (κ1) is 12.0. The number of hydrogen-bond donors (Lipinski definition) is 0. The summed E-state index contributed by atoms with van der Waals surface area (Å²) in [4.78, 5) is 2.42.